The van der Waals surface area contributed by atoms with Crippen molar-refractivity contribution in [3.63, 3.8) is 0 Å². The molecule has 338 valence electrons. The summed E-state index contributed by atoms with van der Waals surface area (Å²) in [6.45, 7) is 9.63. The summed E-state index contributed by atoms with van der Waals surface area (Å²) in [7, 11) is 0. The molecule has 3 N–H and O–H groups in total. The molecular weight excluding hydrogens is 809 g/mol. The second-order valence-corrected chi connectivity index (χ2v) is 15.7. The van der Waals surface area contributed by atoms with Crippen LogP contribution in [-0.2, 0) is 31.8 Å². The lowest BCUT2D eigenvalue weighted by Crippen LogP contribution is -2.31. The van der Waals surface area contributed by atoms with Crippen molar-refractivity contribution >= 4 is 29.0 Å². The fraction of sp³-hybridized carbons (Fsp3) is 0.385. The molecule has 64 heavy (non-hydrogen) atoms. The van der Waals surface area contributed by atoms with Crippen molar-refractivity contribution in [2.45, 2.75) is 64.8 Å². The van der Waals surface area contributed by atoms with E-state index in [2.05, 4.69) is 47.6 Å². The number of nitrogens with one attached hydrogen (secondary N) is 2. The molecular formula is C52H62N4O8. The van der Waals surface area contributed by atoms with E-state index in [9.17, 15) is 19.5 Å². The van der Waals surface area contributed by atoms with E-state index in [1.165, 1.54) is 23.3 Å². The molecule has 1 aromatic heterocycles. The molecule has 12 heteroatoms. The van der Waals surface area contributed by atoms with Crippen LogP contribution in [-0.4, -0.2) is 93.6 Å². The number of Topliss-reactive ketones (excluding diaryl/α,β-unsaturated/α-hetero) is 1. The second kappa shape index (κ2) is 25.4. The van der Waals surface area contributed by atoms with Crippen LogP contribution in [0, 0.1) is 0 Å². The number of carbonyl (C=O) groups excluding carboxylic acids is 3. The number of benzene rings is 4. The third-order valence-corrected chi connectivity index (χ3v) is 11.3. The number of aryl methyl sites for hydroxylation is 2. The summed E-state index contributed by atoms with van der Waals surface area (Å²) in [4.78, 5) is 46.5. The molecule has 0 aliphatic heterocycles. The molecule has 0 bridgehead atoms. The molecule has 1 aliphatic rings. The summed E-state index contributed by atoms with van der Waals surface area (Å²) in [6.07, 6.45) is 7.15. The maximum Gasteiger partial charge on any atom is 0.255 e. The lowest BCUT2D eigenvalue weighted by molar-refractivity contribution is -0.00222. The molecule has 6 rings (SSSR count). The van der Waals surface area contributed by atoms with Crippen molar-refractivity contribution in [3.8, 4) is 17.0 Å². The SMILES string of the molecule is CCN(CC)c1ccc(NC(=O)c2cccc(CCCOCCOCCOCCOCCCC(=O)c3ccc(O)cc3)c2)c(-c2cc(C(=O)NC3CCCc4ccccc43)ccn2)c1. The summed E-state index contributed by atoms with van der Waals surface area (Å²) in [5, 5.41) is 15.8. The molecule has 0 saturated heterocycles. The summed E-state index contributed by atoms with van der Waals surface area (Å²) >= 11 is 0. The van der Waals surface area contributed by atoms with Gasteiger partial charge in [-0.2, -0.15) is 0 Å². The molecule has 2 amide bonds. The van der Waals surface area contributed by atoms with Gasteiger partial charge in [0.15, 0.2) is 5.78 Å². The van der Waals surface area contributed by atoms with Crippen molar-refractivity contribution in [3.05, 3.63) is 143 Å². The predicted octanol–water partition coefficient (Wildman–Crippen LogP) is 9.02. The van der Waals surface area contributed by atoms with Gasteiger partial charge in [0.05, 0.1) is 57.1 Å². The van der Waals surface area contributed by atoms with Crippen LogP contribution in [0.5, 0.6) is 5.75 Å². The van der Waals surface area contributed by atoms with Crippen molar-refractivity contribution < 1.29 is 38.4 Å². The molecule has 1 unspecified atom stereocenters. The predicted molar refractivity (Wildman–Crippen MR) is 250 cm³/mol. The lowest BCUT2D eigenvalue weighted by Gasteiger charge is -2.26. The van der Waals surface area contributed by atoms with Gasteiger partial charge in [-0.05, 0) is 136 Å². The number of pyridine rings is 1. The molecule has 0 fully saturated rings. The highest BCUT2D eigenvalue weighted by Crippen LogP contribution is 2.33. The van der Waals surface area contributed by atoms with Gasteiger partial charge in [-0.1, -0.05) is 36.4 Å². The van der Waals surface area contributed by atoms with E-state index in [1.54, 1.807) is 24.4 Å². The Labute approximate surface area is 377 Å². The van der Waals surface area contributed by atoms with Crippen molar-refractivity contribution in [2.24, 2.45) is 0 Å². The average molecular weight is 871 g/mol. The normalized spacial score (nSPS) is 13.2. The van der Waals surface area contributed by atoms with Gasteiger partial charge in [0.2, 0.25) is 0 Å². The third-order valence-electron chi connectivity index (χ3n) is 11.3. The van der Waals surface area contributed by atoms with Gasteiger partial charge < -0.3 is 39.6 Å². The van der Waals surface area contributed by atoms with Gasteiger partial charge in [-0.25, -0.2) is 0 Å². The minimum absolute atomic E-state index is 0.0275. The topological polar surface area (TPSA) is 149 Å². The van der Waals surface area contributed by atoms with Gasteiger partial charge in [0, 0.05) is 66.9 Å². The van der Waals surface area contributed by atoms with Crippen LogP contribution in [0.3, 0.4) is 0 Å². The minimum Gasteiger partial charge on any atom is -0.508 e. The maximum absolute atomic E-state index is 13.8. The van der Waals surface area contributed by atoms with Gasteiger partial charge in [-0.3, -0.25) is 19.4 Å². The van der Waals surface area contributed by atoms with Crippen molar-refractivity contribution in [1.29, 1.82) is 0 Å². The standard InChI is InChI=1S/C52H62N4O8/c1-3-56(4-2)43-21-24-48(46(37-43)49-36-42(25-26-53-49)52(60)54-47-17-8-14-39-13-5-6-16-45(39)47)55-51(59)41-15-7-11-38(35-41)12-9-27-61-29-31-63-33-34-64-32-30-62-28-10-18-50(58)40-19-22-44(57)23-20-40/h5-7,11,13,15-16,19-26,35-37,47,57H,3-4,8-10,12,14,17-18,27-34H2,1-2H3,(H,54,60)(H,55,59). The molecule has 12 nitrogen and oxygen atoms in total. The highest BCUT2D eigenvalue weighted by atomic mass is 16.6. The first-order chi connectivity index (χ1) is 31.3. The van der Waals surface area contributed by atoms with Crippen molar-refractivity contribution in [1.82, 2.24) is 10.3 Å². The van der Waals surface area contributed by atoms with Gasteiger partial charge in [-0.15, -0.1) is 0 Å². The molecule has 0 saturated carbocycles. The van der Waals surface area contributed by atoms with Crippen LogP contribution in [0.4, 0.5) is 11.4 Å². The largest absolute Gasteiger partial charge is 0.508 e. The number of ether oxygens (including phenoxy) is 4. The zero-order valence-corrected chi connectivity index (χ0v) is 37.2. The molecule has 1 aliphatic carbocycles. The van der Waals surface area contributed by atoms with Crippen LogP contribution in [0.1, 0.15) is 99.8 Å². The molecule has 0 radical (unpaired) electrons. The highest BCUT2D eigenvalue weighted by Gasteiger charge is 2.23. The number of aromatic hydroxyl groups is 1. The maximum atomic E-state index is 13.8. The Morgan fingerprint density at radius 2 is 1.39 bits per heavy atom. The molecule has 5 aromatic rings. The first-order valence-electron chi connectivity index (χ1n) is 22.6. The number of nitrogens with zero attached hydrogens (tertiary/aromatic N) is 2. The summed E-state index contributed by atoms with van der Waals surface area (Å²) in [5.74, 6) is -0.216. The number of rotatable bonds is 26. The smallest absolute Gasteiger partial charge is 0.255 e. The fourth-order valence-electron chi connectivity index (χ4n) is 7.83. The number of ketones is 1. The number of anilines is 2. The lowest BCUT2D eigenvalue weighted by atomic mass is 9.87. The van der Waals surface area contributed by atoms with Crippen LogP contribution >= 0.6 is 0 Å². The monoisotopic (exact) mass is 870 g/mol. The quantitative estimate of drug-likeness (QED) is 0.0363. The first-order valence-corrected chi connectivity index (χ1v) is 22.6. The number of carbonyl (C=O) groups is 3. The van der Waals surface area contributed by atoms with E-state index >= 15 is 0 Å². The summed E-state index contributed by atoms with van der Waals surface area (Å²) in [6, 6.07) is 31.7. The van der Waals surface area contributed by atoms with Gasteiger partial charge in [0.1, 0.15) is 5.75 Å². The Bertz CT molecular complexity index is 2260. The van der Waals surface area contributed by atoms with Crippen LogP contribution in [0.25, 0.3) is 11.3 Å². The first kappa shape index (κ1) is 47.6. The van der Waals surface area contributed by atoms with E-state index in [-0.39, 0.29) is 29.4 Å². The Balaban J connectivity index is 0.912. The molecule has 0 spiro atoms. The zero-order valence-electron chi connectivity index (χ0n) is 37.2. The van der Waals surface area contributed by atoms with Gasteiger partial charge >= 0.3 is 0 Å². The summed E-state index contributed by atoms with van der Waals surface area (Å²) < 4.78 is 22.5. The Morgan fingerprint density at radius 3 is 2.12 bits per heavy atom. The van der Waals surface area contributed by atoms with Gasteiger partial charge in [0.25, 0.3) is 11.8 Å². The van der Waals surface area contributed by atoms with E-state index in [4.69, 9.17) is 23.9 Å². The van der Waals surface area contributed by atoms with Crippen LogP contribution < -0.4 is 15.5 Å². The van der Waals surface area contributed by atoms with E-state index < -0.39 is 0 Å². The number of phenolic OH excluding ortho intramolecular Hbond substituents is 1. The average Bonchev–Trinajstić information content (AvgIpc) is 3.32. The van der Waals surface area contributed by atoms with E-state index in [1.807, 2.05) is 54.6 Å². The Hall–Kier alpha value is -5.92. The number of phenols is 1. The third kappa shape index (κ3) is 14.3. The van der Waals surface area contributed by atoms with E-state index in [0.717, 1.165) is 62.0 Å². The molecule has 4 aromatic carbocycles. The zero-order chi connectivity index (χ0) is 44.9. The molecule has 1 atom stereocenters. The summed E-state index contributed by atoms with van der Waals surface area (Å²) in [5.41, 5.74) is 8.09. The highest BCUT2D eigenvalue weighted by molar-refractivity contribution is 6.06. The number of fused-ring (bicyclic) bond motifs is 1. The van der Waals surface area contributed by atoms with Crippen LogP contribution in [0.2, 0.25) is 0 Å². The Kier molecular flexibility index (Phi) is 18.9. The molecule has 1 heterocycles. The Morgan fingerprint density at radius 1 is 0.703 bits per heavy atom. The van der Waals surface area contributed by atoms with E-state index in [0.29, 0.717) is 93.8 Å². The fourth-order valence-corrected chi connectivity index (χ4v) is 7.83. The minimum atomic E-state index is -0.232. The number of hydrogen-bond acceptors (Lipinski definition) is 10. The number of hydrogen-bond donors (Lipinski definition) is 3. The second-order valence-electron chi connectivity index (χ2n) is 15.7. The van der Waals surface area contributed by atoms with Crippen molar-refractivity contribution in [2.75, 3.05) is 76.2 Å². The van der Waals surface area contributed by atoms with Crippen LogP contribution in [0.15, 0.2) is 109 Å². The number of amides is 2. The number of aromatic nitrogens is 1.